The Balaban J connectivity index is 1.93. The molecule has 1 amide bonds. The van der Waals surface area contributed by atoms with E-state index in [1.54, 1.807) is 24.3 Å². The molecular weight excluding hydrogens is 334 g/mol. The van der Waals surface area contributed by atoms with E-state index in [0.717, 1.165) is 10.0 Å². The Morgan fingerprint density at radius 1 is 1.10 bits per heavy atom. The molecule has 1 aliphatic heterocycles. The molecular formula is C16H12BrNO3. The van der Waals surface area contributed by atoms with Crippen LogP contribution >= 0.6 is 15.9 Å². The summed E-state index contributed by atoms with van der Waals surface area (Å²) < 4.78 is 6.05. The van der Waals surface area contributed by atoms with Gasteiger partial charge in [-0.25, -0.2) is 4.79 Å². The van der Waals surface area contributed by atoms with Gasteiger partial charge < -0.3 is 10.1 Å². The van der Waals surface area contributed by atoms with Crippen LogP contribution in [0.3, 0.4) is 0 Å². The van der Waals surface area contributed by atoms with Gasteiger partial charge in [-0.15, -0.1) is 0 Å². The van der Waals surface area contributed by atoms with Gasteiger partial charge in [0.2, 0.25) is 5.78 Å². The summed E-state index contributed by atoms with van der Waals surface area (Å²) in [5.41, 5.74) is 1.35. The van der Waals surface area contributed by atoms with Gasteiger partial charge >= 0.3 is 6.09 Å². The third-order valence-corrected chi connectivity index (χ3v) is 3.83. The average Bonchev–Trinajstić information content (AvgIpc) is 2.89. The maximum atomic E-state index is 12.5. The molecule has 21 heavy (non-hydrogen) atoms. The van der Waals surface area contributed by atoms with E-state index in [-0.39, 0.29) is 5.78 Å². The molecule has 0 saturated carbocycles. The number of hydrogen-bond acceptors (Lipinski definition) is 3. The summed E-state index contributed by atoms with van der Waals surface area (Å²) in [4.78, 5) is 24.1. The summed E-state index contributed by atoms with van der Waals surface area (Å²) in [5, 5.41) is 2.70. The Morgan fingerprint density at radius 2 is 1.86 bits per heavy atom. The van der Waals surface area contributed by atoms with Crippen molar-refractivity contribution in [1.29, 1.82) is 0 Å². The van der Waals surface area contributed by atoms with Crippen molar-refractivity contribution in [2.75, 3.05) is 0 Å². The number of alkyl carbamates (subject to hydrolysis) is 1. The zero-order valence-electron chi connectivity index (χ0n) is 11.0. The van der Waals surface area contributed by atoms with Gasteiger partial charge in [0.05, 0.1) is 0 Å². The zero-order chi connectivity index (χ0) is 14.8. The van der Waals surface area contributed by atoms with E-state index in [1.165, 1.54) is 0 Å². The second kappa shape index (κ2) is 5.69. The summed E-state index contributed by atoms with van der Waals surface area (Å²) in [6, 6.07) is 15.8. The Bertz CT molecular complexity index is 687. The Kier molecular flexibility index (Phi) is 3.75. The van der Waals surface area contributed by atoms with Crippen molar-refractivity contribution in [3.05, 3.63) is 70.2 Å². The molecule has 0 spiro atoms. The number of nitrogens with one attached hydrogen (secondary N) is 1. The number of cyclic esters (lactones) is 1. The number of benzene rings is 2. The lowest BCUT2D eigenvalue weighted by Gasteiger charge is -2.16. The SMILES string of the molecule is O=C1N[C@@H](c2cccc(Br)c2)[C@H](C(=O)c2ccccc2)O1. The molecule has 106 valence electrons. The van der Waals surface area contributed by atoms with Crippen LogP contribution in [-0.2, 0) is 4.74 Å². The number of amides is 1. The molecule has 2 atom stereocenters. The second-order valence-corrected chi connectivity index (χ2v) is 5.65. The minimum Gasteiger partial charge on any atom is -0.435 e. The van der Waals surface area contributed by atoms with Gasteiger partial charge in [-0.1, -0.05) is 58.4 Å². The van der Waals surface area contributed by atoms with Crippen LogP contribution in [0.2, 0.25) is 0 Å². The van der Waals surface area contributed by atoms with Crippen LogP contribution in [0.5, 0.6) is 0 Å². The number of carbonyl (C=O) groups is 2. The van der Waals surface area contributed by atoms with E-state index in [1.807, 2.05) is 30.3 Å². The van der Waals surface area contributed by atoms with Gasteiger partial charge in [0.15, 0.2) is 6.10 Å². The number of ether oxygens (including phenoxy) is 1. The van der Waals surface area contributed by atoms with Gasteiger partial charge in [-0.3, -0.25) is 4.79 Å². The average molecular weight is 346 g/mol. The lowest BCUT2D eigenvalue weighted by molar-refractivity contribution is 0.0721. The monoisotopic (exact) mass is 345 g/mol. The van der Waals surface area contributed by atoms with Gasteiger partial charge in [-0.2, -0.15) is 0 Å². The minimum absolute atomic E-state index is 0.209. The van der Waals surface area contributed by atoms with Crippen LogP contribution in [-0.4, -0.2) is 18.0 Å². The highest BCUT2D eigenvalue weighted by Crippen LogP contribution is 2.28. The van der Waals surface area contributed by atoms with Crippen molar-refractivity contribution in [3.63, 3.8) is 0 Å². The van der Waals surface area contributed by atoms with Crippen molar-refractivity contribution in [1.82, 2.24) is 5.32 Å². The topological polar surface area (TPSA) is 55.4 Å². The third-order valence-electron chi connectivity index (χ3n) is 3.33. The van der Waals surface area contributed by atoms with Crippen molar-refractivity contribution < 1.29 is 14.3 Å². The zero-order valence-corrected chi connectivity index (χ0v) is 12.5. The molecule has 1 heterocycles. The van der Waals surface area contributed by atoms with E-state index >= 15 is 0 Å². The van der Waals surface area contributed by atoms with Crippen molar-refractivity contribution >= 4 is 27.8 Å². The smallest absolute Gasteiger partial charge is 0.408 e. The fourth-order valence-electron chi connectivity index (χ4n) is 2.35. The van der Waals surface area contributed by atoms with E-state index in [9.17, 15) is 9.59 Å². The van der Waals surface area contributed by atoms with E-state index < -0.39 is 18.2 Å². The molecule has 0 aromatic heterocycles. The molecule has 4 nitrogen and oxygen atoms in total. The molecule has 1 saturated heterocycles. The van der Waals surface area contributed by atoms with Crippen LogP contribution < -0.4 is 5.32 Å². The summed E-state index contributed by atoms with van der Waals surface area (Å²) >= 11 is 3.39. The number of ketones is 1. The highest BCUT2D eigenvalue weighted by Gasteiger charge is 2.40. The first-order chi connectivity index (χ1) is 10.1. The van der Waals surface area contributed by atoms with Gasteiger partial charge in [-0.05, 0) is 17.7 Å². The molecule has 5 heteroatoms. The Labute approximate surface area is 130 Å². The summed E-state index contributed by atoms with van der Waals surface area (Å²) in [6.45, 7) is 0. The molecule has 0 aliphatic carbocycles. The van der Waals surface area contributed by atoms with Crippen LogP contribution in [0.1, 0.15) is 22.0 Å². The minimum atomic E-state index is -0.853. The molecule has 2 aromatic carbocycles. The lowest BCUT2D eigenvalue weighted by atomic mass is 9.96. The van der Waals surface area contributed by atoms with Crippen LogP contribution in [0.4, 0.5) is 4.79 Å². The predicted octanol–water partition coefficient (Wildman–Crippen LogP) is 3.48. The Morgan fingerprint density at radius 3 is 2.57 bits per heavy atom. The van der Waals surface area contributed by atoms with Crippen molar-refractivity contribution in [3.8, 4) is 0 Å². The first-order valence-electron chi connectivity index (χ1n) is 6.47. The lowest BCUT2D eigenvalue weighted by Crippen LogP contribution is -2.29. The first kappa shape index (κ1) is 13.8. The molecule has 1 N–H and O–H groups in total. The number of rotatable bonds is 3. The fraction of sp³-hybridized carbons (Fsp3) is 0.125. The highest BCUT2D eigenvalue weighted by molar-refractivity contribution is 9.10. The second-order valence-electron chi connectivity index (χ2n) is 4.73. The number of halogens is 1. The maximum absolute atomic E-state index is 12.5. The van der Waals surface area contributed by atoms with Crippen LogP contribution in [0.15, 0.2) is 59.1 Å². The Hall–Kier alpha value is -2.14. The molecule has 0 bridgehead atoms. The number of hydrogen-bond donors (Lipinski definition) is 1. The van der Waals surface area contributed by atoms with Gasteiger partial charge in [0.1, 0.15) is 6.04 Å². The molecule has 1 fully saturated rings. The summed E-state index contributed by atoms with van der Waals surface area (Å²) in [6.07, 6.45) is -1.43. The standard InChI is InChI=1S/C16H12BrNO3/c17-12-8-4-7-11(9-12)13-15(21-16(20)18-13)14(19)10-5-2-1-3-6-10/h1-9,13,15H,(H,18,20)/t13-,15+/m0/s1. The number of Topliss-reactive ketones (excluding diaryl/α,β-unsaturated/α-hetero) is 1. The molecule has 3 rings (SSSR count). The van der Waals surface area contributed by atoms with Crippen LogP contribution in [0, 0.1) is 0 Å². The highest BCUT2D eigenvalue weighted by atomic mass is 79.9. The fourth-order valence-corrected chi connectivity index (χ4v) is 2.77. The summed E-state index contributed by atoms with van der Waals surface area (Å²) in [5.74, 6) is -0.209. The quantitative estimate of drug-likeness (QED) is 0.866. The maximum Gasteiger partial charge on any atom is 0.408 e. The van der Waals surface area contributed by atoms with E-state index in [4.69, 9.17) is 4.74 Å². The third kappa shape index (κ3) is 2.83. The predicted molar refractivity (Wildman–Crippen MR) is 81.1 cm³/mol. The molecule has 0 unspecified atom stereocenters. The van der Waals surface area contributed by atoms with E-state index in [2.05, 4.69) is 21.2 Å². The molecule has 0 radical (unpaired) electrons. The summed E-state index contributed by atoms with van der Waals surface area (Å²) in [7, 11) is 0. The van der Waals surface area contributed by atoms with Crippen molar-refractivity contribution in [2.45, 2.75) is 12.1 Å². The number of carbonyl (C=O) groups excluding carboxylic acids is 2. The van der Waals surface area contributed by atoms with Crippen molar-refractivity contribution in [2.24, 2.45) is 0 Å². The molecule has 1 aliphatic rings. The van der Waals surface area contributed by atoms with Crippen LogP contribution in [0.25, 0.3) is 0 Å². The van der Waals surface area contributed by atoms with Gasteiger partial charge in [0.25, 0.3) is 0 Å². The first-order valence-corrected chi connectivity index (χ1v) is 7.26. The normalized spacial score (nSPS) is 20.7. The molecule has 2 aromatic rings. The largest absolute Gasteiger partial charge is 0.435 e. The van der Waals surface area contributed by atoms with E-state index in [0.29, 0.717) is 5.56 Å². The van der Waals surface area contributed by atoms with Gasteiger partial charge in [0, 0.05) is 10.0 Å².